The molecule has 1 fully saturated rings. The Morgan fingerprint density at radius 1 is 1.23 bits per heavy atom. The highest BCUT2D eigenvalue weighted by atomic mass is 32.2. The summed E-state index contributed by atoms with van der Waals surface area (Å²) < 4.78 is 65.7. The lowest BCUT2D eigenvalue weighted by molar-refractivity contribution is 0.212. The molecule has 3 atom stereocenters. The van der Waals surface area contributed by atoms with Crippen LogP contribution in [0, 0.1) is 12.7 Å². The van der Waals surface area contributed by atoms with Crippen LogP contribution in [0.2, 0.25) is 0 Å². The third-order valence-electron chi connectivity index (χ3n) is 5.79. The van der Waals surface area contributed by atoms with Crippen LogP contribution in [-0.4, -0.2) is 64.2 Å². The molecule has 1 saturated heterocycles. The molecule has 0 saturated carbocycles. The molecule has 31 heavy (non-hydrogen) atoms. The topological polar surface area (TPSA) is 83.6 Å². The average Bonchev–Trinajstić information content (AvgIpc) is 3.34. The number of hydrogen-bond acceptors (Lipinski definition) is 7. The molecular weight excluding hydrogens is 459 g/mol. The highest BCUT2D eigenvalue weighted by Crippen LogP contribution is 2.30. The molecule has 0 radical (unpaired) electrons. The Bertz CT molecular complexity index is 1100. The van der Waals surface area contributed by atoms with Gasteiger partial charge in [-0.1, -0.05) is 26.0 Å². The fourth-order valence-corrected chi connectivity index (χ4v) is 9.85. The lowest BCUT2D eigenvalue weighted by atomic mass is 10.1. The third-order valence-corrected chi connectivity index (χ3v) is 10.9. The second-order valence-electron chi connectivity index (χ2n) is 7.86. The number of rotatable bonds is 9. The lowest BCUT2D eigenvalue weighted by Crippen LogP contribution is -2.47. The van der Waals surface area contributed by atoms with Crippen LogP contribution in [0.3, 0.4) is 0 Å². The predicted molar refractivity (Wildman–Crippen MR) is 123 cm³/mol. The molecule has 1 aliphatic heterocycles. The Labute approximate surface area is 188 Å². The van der Waals surface area contributed by atoms with Crippen LogP contribution in [0.15, 0.2) is 40.6 Å². The van der Waals surface area contributed by atoms with E-state index >= 15 is 0 Å². The van der Waals surface area contributed by atoms with Crippen molar-refractivity contribution >= 4 is 31.0 Å². The Hall–Kier alpha value is -1.33. The Kier molecular flexibility index (Phi) is 7.58. The van der Waals surface area contributed by atoms with Crippen molar-refractivity contribution in [1.82, 2.24) is 10.2 Å². The quantitative estimate of drug-likeness (QED) is 0.584. The summed E-state index contributed by atoms with van der Waals surface area (Å²) in [6, 6.07) is 7.07. The van der Waals surface area contributed by atoms with Crippen molar-refractivity contribution in [2.24, 2.45) is 0 Å². The van der Waals surface area contributed by atoms with Crippen molar-refractivity contribution in [2.75, 3.05) is 31.1 Å². The molecule has 2 heterocycles. The predicted octanol–water partition coefficient (Wildman–Crippen LogP) is 2.81. The van der Waals surface area contributed by atoms with E-state index in [4.69, 9.17) is 0 Å². The van der Waals surface area contributed by atoms with Gasteiger partial charge in [-0.3, -0.25) is 4.90 Å². The highest BCUT2D eigenvalue weighted by Gasteiger charge is 2.46. The fraction of sp³-hybridized carbons (Fsp3) is 0.524. The molecule has 1 unspecified atom stereocenters. The van der Waals surface area contributed by atoms with E-state index in [0.717, 1.165) is 24.0 Å². The third kappa shape index (κ3) is 5.36. The van der Waals surface area contributed by atoms with E-state index in [-0.39, 0.29) is 11.8 Å². The Morgan fingerprint density at radius 2 is 1.94 bits per heavy atom. The number of aryl methyl sites for hydroxylation is 1. The molecule has 10 heteroatoms. The molecule has 1 aromatic heterocycles. The van der Waals surface area contributed by atoms with Crippen molar-refractivity contribution < 1.29 is 21.2 Å². The summed E-state index contributed by atoms with van der Waals surface area (Å²) in [7, 11) is -7.74. The smallest absolute Gasteiger partial charge is 0.186 e. The van der Waals surface area contributed by atoms with E-state index in [0.29, 0.717) is 12.1 Å². The van der Waals surface area contributed by atoms with Crippen molar-refractivity contribution in [1.29, 1.82) is 0 Å². The average molecular weight is 489 g/mol. The van der Waals surface area contributed by atoms with E-state index < -0.39 is 47.4 Å². The van der Waals surface area contributed by atoms with Crippen LogP contribution < -0.4 is 5.32 Å². The molecule has 1 N–H and O–H groups in total. The summed E-state index contributed by atoms with van der Waals surface area (Å²) in [5.74, 6) is -1.64. The second-order valence-corrected chi connectivity index (χ2v) is 13.1. The van der Waals surface area contributed by atoms with Crippen LogP contribution >= 0.6 is 11.3 Å². The molecule has 6 nitrogen and oxygen atoms in total. The first-order valence-corrected chi connectivity index (χ1v) is 14.5. The Morgan fingerprint density at radius 3 is 2.55 bits per heavy atom. The van der Waals surface area contributed by atoms with Gasteiger partial charge in [0, 0.05) is 17.5 Å². The van der Waals surface area contributed by atoms with Gasteiger partial charge in [-0.25, -0.2) is 21.2 Å². The van der Waals surface area contributed by atoms with Crippen LogP contribution in [0.25, 0.3) is 0 Å². The summed E-state index contributed by atoms with van der Waals surface area (Å²) >= 11 is 1.61. The number of thiophene rings is 1. The van der Waals surface area contributed by atoms with Crippen LogP contribution in [0.5, 0.6) is 0 Å². The van der Waals surface area contributed by atoms with E-state index in [1.54, 1.807) is 18.3 Å². The maximum Gasteiger partial charge on any atom is 0.186 e. The van der Waals surface area contributed by atoms with Gasteiger partial charge in [-0.05, 0) is 49.2 Å². The standard InChI is InChI=1S/C21H29FN2O4S3/c1-4-24(5-2)18(19-7-6-10-29-19)12-23-17-13-30(25,26)14-21(17)31(27,28)20-11-15(3)8-9-16(20)22/h6-11,17-18,21,23H,4-5,12-14H2,1-3H3/t17-,18?,21-/m0/s1. The number of likely N-dealkylation sites (N-methyl/N-ethyl adjacent to an activating group) is 1. The summed E-state index contributed by atoms with van der Waals surface area (Å²) in [4.78, 5) is 2.94. The van der Waals surface area contributed by atoms with Crippen LogP contribution in [0.4, 0.5) is 4.39 Å². The zero-order chi connectivity index (χ0) is 22.8. The maximum atomic E-state index is 14.4. The van der Waals surface area contributed by atoms with E-state index in [1.807, 2.05) is 17.5 Å². The molecule has 0 spiro atoms. The van der Waals surface area contributed by atoms with Gasteiger partial charge in [0.2, 0.25) is 0 Å². The van der Waals surface area contributed by atoms with Gasteiger partial charge in [0.25, 0.3) is 0 Å². The van der Waals surface area contributed by atoms with E-state index in [9.17, 15) is 21.2 Å². The molecular formula is C21H29FN2O4S3. The minimum absolute atomic E-state index is 0.00244. The van der Waals surface area contributed by atoms with Gasteiger partial charge < -0.3 is 5.32 Å². The van der Waals surface area contributed by atoms with Gasteiger partial charge in [0.05, 0.1) is 22.8 Å². The highest BCUT2D eigenvalue weighted by molar-refractivity contribution is 7.96. The molecule has 172 valence electrons. The van der Waals surface area contributed by atoms with Crippen molar-refractivity contribution in [3.63, 3.8) is 0 Å². The second kappa shape index (κ2) is 9.66. The first-order chi connectivity index (χ1) is 14.6. The maximum absolute atomic E-state index is 14.4. The van der Waals surface area contributed by atoms with Crippen molar-refractivity contribution in [3.05, 3.63) is 52.0 Å². The zero-order valence-electron chi connectivity index (χ0n) is 17.9. The van der Waals surface area contributed by atoms with E-state index in [1.165, 1.54) is 12.1 Å². The van der Waals surface area contributed by atoms with Crippen molar-refractivity contribution in [3.8, 4) is 0 Å². The number of halogens is 1. The largest absolute Gasteiger partial charge is 0.310 e. The molecule has 0 bridgehead atoms. The minimum atomic E-state index is -4.17. The normalized spacial score (nSPS) is 22.1. The van der Waals surface area contributed by atoms with Gasteiger partial charge >= 0.3 is 0 Å². The lowest BCUT2D eigenvalue weighted by Gasteiger charge is -2.31. The number of benzene rings is 1. The molecule has 3 rings (SSSR count). The van der Waals surface area contributed by atoms with Crippen molar-refractivity contribution in [2.45, 2.75) is 43.0 Å². The van der Waals surface area contributed by atoms with Crippen LogP contribution in [0.1, 0.15) is 30.3 Å². The number of nitrogens with one attached hydrogen (secondary N) is 1. The first kappa shape index (κ1) is 24.3. The monoisotopic (exact) mass is 488 g/mol. The molecule has 0 amide bonds. The summed E-state index contributed by atoms with van der Waals surface area (Å²) in [5.41, 5.74) is 0.602. The molecule has 0 aliphatic carbocycles. The fourth-order valence-electron chi connectivity index (χ4n) is 4.12. The van der Waals surface area contributed by atoms with E-state index in [2.05, 4.69) is 24.1 Å². The van der Waals surface area contributed by atoms with Crippen LogP contribution in [-0.2, 0) is 19.7 Å². The molecule has 1 aliphatic rings. The molecule has 2 aromatic rings. The van der Waals surface area contributed by atoms with Gasteiger partial charge in [0.15, 0.2) is 19.7 Å². The number of sulfone groups is 2. The first-order valence-electron chi connectivity index (χ1n) is 10.3. The summed E-state index contributed by atoms with van der Waals surface area (Å²) in [5, 5.41) is 3.98. The van der Waals surface area contributed by atoms with Gasteiger partial charge in [0.1, 0.15) is 10.7 Å². The summed E-state index contributed by atoms with van der Waals surface area (Å²) in [6.45, 7) is 7.80. The minimum Gasteiger partial charge on any atom is -0.310 e. The van der Waals surface area contributed by atoms with Gasteiger partial charge in [-0.2, -0.15) is 0 Å². The SMILES string of the molecule is CCN(CC)C(CN[C@H]1CS(=O)(=O)C[C@@H]1S(=O)(=O)c1cc(C)ccc1F)c1cccs1. The number of nitrogens with zero attached hydrogens (tertiary/aromatic N) is 1. The van der Waals surface area contributed by atoms with Gasteiger partial charge in [-0.15, -0.1) is 11.3 Å². The Balaban J connectivity index is 1.89. The zero-order valence-corrected chi connectivity index (χ0v) is 20.4. The number of hydrogen-bond donors (Lipinski definition) is 1. The molecule has 1 aromatic carbocycles. The summed E-state index contributed by atoms with van der Waals surface area (Å²) in [6.07, 6.45) is 0.